The van der Waals surface area contributed by atoms with Crippen molar-refractivity contribution in [3.05, 3.63) is 60.2 Å². The maximum absolute atomic E-state index is 12.5. The molecule has 1 saturated heterocycles. The number of hydrogen-bond acceptors (Lipinski definition) is 3. The number of benzene rings is 2. The first-order valence-corrected chi connectivity index (χ1v) is 9.89. The normalized spacial score (nSPS) is 14.8. The molecule has 0 aliphatic carbocycles. The summed E-state index contributed by atoms with van der Waals surface area (Å²) in [6.45, 7) is 5.45. The number of nitrogens with zero attached hydrogens (tertiary/aromatic N) is 1. The van der Waals surface area contributed by atoms with Crippen LogP contribution < -0.4 is 10.1 Å². The number of ether oxygens (including phenoxy) is 1. The second-order valence-electron chi connectivity index (χ2n) is 7.53. The van der Waals surface area contributed by atoms with E-state index in [1.54, 1.807) is 4.90 Å². The summed E-state index contributed by atoms with van der Waals surface area (Å²) in [5.74, 6) is 1.07. The molecule has 148 valence electrons. The Morgan fingerprint density at radius 3 is 2.46 bits per heavy atom. The lowest BCUT2D eigenvalue weighted by atomic mass is 9.95. The van der Waals surface area contributed by atoms with Gasteiger partial charge in [-0.15, -0.1) is 0 Å². The number of hydrogen-bond donors (Lipinski definition) is 1. The Balaban J connectivity index is 1.45. The van der Waals surface area contributed by atoms with Gasteiger partial charge >= 0.3 is 0 Å². The van der Waals surface area contributed by atoms with Crippen LogP contribution in [0.1, 0.15) is 38.2 Å². The number of anilines is 1. The SMILES string of the molecule is CC(C)c1cccc(OCC(=O)N2CCC(C(=O)Nc3ccccc3)CC2)c1. The summed E-state index contributed by atoms with van der Waals surface area (Å²) in [6.07, 6.45) is 1.35. The van der Waals surface area contributed by atoms with E-state index in [4.69, 9.17) is 4.74 Å². The smallest absolute Gasteiger partial charge is 0.260 e. The van der Waals surface area contributed by atoms with Gasteiger partial charge < -0.3 is 15.0 Å². The van der Waals surface area contributed by atoms with Crippen molar-refractivity contribution in [3.8, 4) is 5.75 Å². The van der Waals surface area contributed by atoms with Gasteiger partial charge in [-0.2, -0.15) is 0 Å². The molecule has 1 fully saturated rings. The first kappa shape index (κ1) is 19.9. The molecule has 0 unspecified atom stereocenters. The molecule has 0 bridgehead atoms. The number of para-hydroxylation sites is 1. The Morgan fingerprint density at radius 2 is 1.79 bits per heavy atom. The molecule has 0 atom stereocenters. The fraction of sp³-hybridized carbons (Fsp3) is 0.391. The molecule has 2 aromatic rings. The van der Waals surface area contributed by atoms with Crippen LogP contribution in [0.2, 0.25) is 0 Å². The average molecular weight is 380 g/mol. The first-order valence-electron chi connectivity index (χ1n) is 9.89. The molecule has 2 amide bonds. The van der Waals surface area contributed by atoms with Crippen LogP contribution in [0.5, 0.6) is 5.75 Å². The van der Waals surface area contributed by atoms with Crippen molar-refractivity contribution in [2.24, 2.45) is 5.92 Å². The summed E-state index contributed by atoms with van der Waals surface area (Å²) in [7, 11) is 0. The Hall–Kier alpha value is -2.82. The molecule has 28 heavy (non-hydrogen) atoms. The lowest BCUT2D eigenvalue weighted by Gasteiger charge is -2.31. The third kappa shape index (κ3) is 5.35. The van der Waals surface area contributed by atoms with Crippen molar-refractivity contribution in [3.63, 3.8) is 0 Å². The zero-order chi connectivity index (χ0) is 19.9. The van der Waals surface area contributed by atoms with Crippen molar-refractivity contribution < 1.29 is 14.3 Å². The molecule has 0 saturated carbocycles. The van der Waals surface area contributed by atoms with Gasteiger partial charge in [0.1, 0.15) is 5.75 Å². The van der Waals surface area contributed by atoms with Crippen LogP contribution in [-0.2, 0) is 9.59 Å². The second-order valence-corrected chi connectivity index (χ2v) is 7.53. The van der Waals surface area contributed by atoms with Crippen LogP contribution in [0.3, 0.4) is 0 Å². The maximum Gasteiger partial charge on any atom is 0.260 e. The lowest BCUT2D eigenvalue weighted by molar-refractivity contribution is -0.136. The second kappa shape index (κ2) is 9.40. The predicted molar refractivity (Wildman–Crippen MR) is 110 cm³/mol. The minimum atomic E-state index is -0.0621. The molecule has 2 aromatic carbocycles. The van der Waals surface area contributed by atoms with Crippen molar-refractivity contribution in [2.75, 3.05) is 25.0 Å². The van der Waals surface area contributed by atoms with Crippen LogP contribution in [0.25, 0.3) is 0 Å². The molecule has 1 aliphatic rings. The first-order chi connectivity index (χ1) is 13.5. The largest absolute Gasteiger partial charge is 0.484 e. The Labute approximate surface area is 166 Å². The van der Waals surface area contributed by atoms with Crippen LogP contribution in [0.4, 0.5) is 5.69 Å². The summed E-state index contributed by atoms with van der Waals surface area (Å²) in [6, 6.07) is 17.3. The van der Waals surface area contributed by atoms with E-state index in [9.17, 15) is 9.59 Å². The Morgan fingerprint density at radius 1 is 1.07 bits per heavy atom. The standard InChI is InChI=1S/C23H28N2O3/c1-17(2)19-7-6-10-21(15-19)28-16-22(26)25-13-11-18(12-14-25)23(27)24-20-8-4-3-5-9-20/h3-10,15,17-18H,11-14,16H2,1-2H3,(H,24,27). The van der Waals surface area contributed by atoms with Crippen molar-refractivity contribution in [2.45, 2.75) is 32.6 Å². The predicted octanol–water partition coefficient (Wildman–Crippen LogP) is 4.07. The van der Waals surface area contributed by atoms with Gasteiger partial charge in [0.2, 0.25) is 5.91 Å². The molecular formula is C23H28N2O3. The zero-order valence-electron chi connectivity index (χ0n) is 16.6. The molecule has 3 rings (SSSR count). The van der Waals surface area contributed by atoms with E-state index in [-0.39, 0.29) is 24.3 Å². The van der Waals surface area contributed by atoms with Gasteiger partial charge in [0.15, 0.2) is 6.61 Å². The lowest BCUT2D eigenvalue weighted by Crippen LogP contribution is -2.43. The Kier molecular flexibility index (Phi) is 6.69. The molecule has 0 radical (unpaired) electrons. The van der Waals surface area contributed by atoms with E-state index >= 15 is 0 Å². The molecule has 5 nitrogen and oxygen atoms in total. The topological polar surface area (TPSA) is 58.6 Å². The fourth-order valence-electron chi connectivity index (χ4n) is 3.36. The van der Waals surface area contributed by atoms with Gasteiger partial charge in [-0.1, -0.05) is 44.2 Å². The van der Waals surface area contributed by atoms with Crippen LogP contribution in [0, 0.1) is 5.92 Å². The third-order valence-corrected chi connectivity index (χ3v) is 5.15. The highest BCUT2D eigenvalue weighted by Gasteiger charge is 2.27. The molecule has 0 spiro atoms. The van der Waals surface area contributed by atoms with Gasteiger partial charge in [0.25, 0.3) is 5.91 Å². The summed E-state index contributed by atoms with van der Waals surface area (Å²) in [4.78, 5) is 26.7. The summed E-state index contributed by atoms with van der Waals surface area (Å²) >= 11 is 0. The zero-order valence-corrected chi connectivity index (χ0v) is 16.6. The quantitative estimate of drug-likeness (QED) is 0.822. The van der Waals surface area contributed by atoms with Crippen LogP contribution in [0.15, 0.2) is 54.6 Å². The van der Waals surface area contributed by atoms with Crippen LogP contribution in [-0.4, -0.2) is 36.4 Å². The fourth-order valence-corrected chi connectivity index (χ4v) is 3.36. The number of nitrogens with one attached hydrogen (secondary N) is 1. The van der Waals surface area contributed by atoms with Crippen molar-refractivity contribution in [1.29, 1.82) is 0 Å². The number of carbonyl (C=O) groups excluding carboxylic acids is 2. The number of likely N-dealkylation sites (tertiary alicyclic amines) is 1. The van der Waals surface area contributed by atoms with E-state index in [1.807, 2.05) is 48.5 Å². The summed E-state index contributed by atoms with van der Waals surface area (Å²) < 4.78 is 5.69. The third-order valence-electron chi connectivity index (χ3n) is 5.15. The number of amides is 2. The van der Waals surface area contributed by atoms with E-state index in [0.29, 0.717) is 31.8 Å². The highest BCUT2D eigenvalue weighted by molar-refractivity contribution is 5.92. The average Bonchev–Trinajstić information content (AvgIpc) is 2.73. The van der Waals surface area contributed by atoms with Crippen molar-refractivity contribution >= 4 is 17.5 Å². The molecule has 0 aromatic heterocycles. The van der Waals surface area contributed by atoms with Gasteiger partial charge in [-0.25, -0.2) is 0 Å². The number of rotatable bonds is 6. The molecule has 1 N–H and O–H groups in total. The van der Waals surface area contributed by atoms with Gasteiger partial charge in [0.05, 0.1) is 0 Å². The van der Waals surface area contributed by atoms with E-state index < -0.39 is 0 Å². The van der Waals surface area contributed by atoms with Gasteiger partial charge in [-0.05, 0) is 48.6 Å². The van der Waals surface area contributed by atoms with Crippen molar-refractivity contribution in [1.82, 2.24) is 4.90 Å². The van der Waals surface area contributed by atoms with Gasteiger partial charge in [-0.3, -0.25) is 9.59 Å². The minimum Gasteiger partial charge on any atom is -0.484 e. The molecule has 5 heteroatoms. The summed E-state index contributed by atoms with van der Waals surface area (Å²) in [5.41, 5.74) is 2.00. The van der Waals surface area contributed by atoms with E-state index in [1.165, 1.54) is 5.56 Å². The minimum absolute atomic E-state index is 0.0278. The summed E-state index contributed by atoms with van der Waals surface area (Å²) in [5, 5.41) is 2.95. The molecule has 1 aliphatic heterocycles. The number of carbonyl (C=O) groups is 2. The molecular weight excluding hydrogens is 352 g/mol. The molecule has 1 heterocycles. The monoisotopic (exact) mass is 380 g/mol. The van der Waals surface area contributed by atoms with Gasteiger partial charge in [0, 0.05) is 24.7 Å². The maximum atomic E-state index is 12.5. The van der Waals surface area contributed by atoms with E-state index in [0.717, 1.165) is 11.4 Å². The number of piperidine rings is 1. The van der Waals surface area contributed by atoms with Crippen LogP contribution >= 0.6 is 0 Å². The highest BCUT2D eigenvalue weighted by Crippen LogP contribution is 2.22. The Bertz CT molecular complexity index is 797. The highest BCUT2D eigenvalue weighted by atomic mass is 16.5. The van der Waals surface area contributed by atoms with E-state index in [2.05, 4.69) is 25.2 Å².